The Labute approximate surface area is 176 Å². The number of anilines is 1. The van der Waals surface area contributed by atoms with E-state index in [4.69, 9.17) is 4.52 Å². The van der Waals surface area contributed by atoms with Gasteiger partial charge in [0.15, 0.2) is 0 Å². The maximum atomic E-state index is 12.1. The van der Waals surface area contributed by atoms with Crippen LogP contribution in [0.3, 0.4) is 0 Å². The molecule has 0 saturated carbocycles. The smallest absolute Gasteiger partial charge is 0.227 e. The van der Waals surface area contributed by atoms with Crippen LogP contribution in [-0.2, 0) is 11.2 Å². The molecule has 1 aromatic heterocycles. The molecule has 1 heterocycles. The van der Waals surface area contributed by atoms with Crippen LogP contribution in [0.1, 0.15) is 12.3 Å². The van der Waals surface area contributed by atoms with Crippen LogP contribution in [0.4, 0.5) is 5.69 Å². The Hall–Kier alpha value is -3.25. The zero-order valence-corrected chi connectivity index (χ0v) is 17.1. The van der Waals surface area contributed by atoms with Gasteiger partial charge in [-0.2, -0.15) is 4.98 Å². The average Bonchev–Trinajstić information content (AvgIpc) is 3.22. The Balaban J connectivity index is 1.36. The van der Waals surface area contributed by atoms with Gasteiger partial charge in [-0.05, 0) is 29.3 Å². The number of aryl methyl sites for hydroxylation is 1. The van der Waals surface area contributed by atoms with Crippen LogP contribution in [0.5, 0.6) is 0 Å². The van der Waals surface area contributed by atoms with Gasteiger partial charge in [-0.1, -0.05) is 81.8 Å². The lowest BCUT2D eigenvalue weighted by Gasteiger charge is -2.04. The van der Waals surface area contributed by atoms with Gasteiger partial charge in [-0.25, -0.2) is 0 Å². The van der Waals surface area contributed by atoms with Gasteiger partial charge >= 0.3 is 0 Å². The standard InChI is InChI=1S/C23H18BrN3O2/c24-19-7-4-8-20(15-19)25-21(28)13-14-22-26-23(27-29-22)18-11-9-17(10-12-18)16-5-2-1-3-6-16/h1-12,15H,13-14H2,(H,25,28). The predicted octanol–water partition coefficient (Wildman–Crippen LogP) is 5.74. The van der Waals surface area contributed by atoms with E-state index in [1.165, 1.54) is 0 Å². The first-order chi connectivity index (χ1) is 14.2. The summed E-state index contributed by atoms with van der Waals surface area (Å²) in [4.78, 5) is 16.5. The summed E-state index contributed by atoms with van der Waals surface area (Å²) < 4.78 is 6.22. The van der Waals surface area contributed by atoms with Crippen LogP contribution in [0.25, 0.3) is 22.5 Å². The molecule has 0 radical (unpaired) electrons. The molecule has 0 atom stereocenters. The number of amides is 1. The zero-order chi connectivity index (χ0) is 20.1. The normalized spacial score (nSPS) is 10.7. The fraction of sp³-hybridized carbons (Fsp3) is 0.0870. The molecule has 29 heavy (non-hydrogen) atoms. The molecule has 4 rings (SSSR count). The summed E-state index contributed by atoms with van der Waals surface area (Å²) in [6.07, 6.45) is 0.649. The maximum absolute atomic E-state index is 12.1. The number of hydrogen-bond donors (Lipinski definition) is 1. The van der Waals surface area contributed by atoms with Crippen molar-refractivity contribution in [2.24, 2.45) is 0 Å². The third-order valence-electron chi connectivity index (χ3n) is 4.39. The lowest BCUT2D eigenvalue weighted by molar-refractivity contribution is -0.116. The van der Waals surface area contributed by atoms with Crippen LogP contribution in [0.15, 0.2) is 87.9 Å². The van der Waals surface area contributed by atoms with Gasteiger partial charge in [-0.15, -0.1) is 0 Å². The molecule has 0 saturated heterocycles. The quantitative estimate of drug-likeness (QED) is 0.409. The molecule has 0 aliphatic carbocycles. The highest BCUT2D eigenvalue weighted by molar-refractivity contribution is 9.10. The van der Waals surface area contributed by atoms with Crippen molar-refractivity contribution in [1.82, 2.24) is 10.1 Å². The van der Waals surface area contributed by atoms with Crippen molar-refractivity contribution in [2.75, 3.05) is 5.32 Å². The molecule has 5 nitrogen and oxygen atoms in total. The number of aromatic nitrogens is 2. The molecule has 4 aromatic rings. The van der Waals surface area contributed by atoms with Crippen molar-refractivity contribution < 1.29 is 9.32 Å². The van der Waals surface area contributed by atoms with Crippen LogP contribution in [0, 0.1) is 0 Å². The van der Waals surface area contributed by atoms with E-state index in [0.717, 1.165) is 26.9 Å². The van der Waals surface area contributed by atoms with Gasteiger partial charge in [0.1, 0.15) is 0 Å². The van der Waals surface area contributed by atoms with Crippen molar-refractivity contribution >= 4 is 27.5 Å². The molecule has 0 fully saturated rings. The van der Waals surface area contributed by atoms with Crippen LogP contribution in [-0.4, -0.2) is 16.0 Å². The molecule has 0 bridgehead atoms. The number of benzene rings is 3. The second kappa shape index (κ2) is 8.84. The van der Waals surface area contributed by atoms with E-state index in [0.29, 0.717) is 18.1 Å². The third-order valence-corrected chi connectivity index (χ3v) is 4.89. The predicted molar refractivity (Wildman–Crippen MR) is 116 cm³/mol. The van der Waals surface area contributed by atoms with Crippen molar-refractivity contribution in [2.45, 2.75) is 12.8 Å². The number of halogens is 1. The minimum Gasteiger partial charge on any atom is -0.339 e. The lowest BCUT2D eigenvalue weighted by atomic mass is 10.0. The van der Waals surface area contributed by atoms with Crippen LogP contribution in [0.2, 0.25) is 0 Å². The van der Waals surface area contributed by atoms with E-state index in [1.807, 2.05) is 66.7 Å². The Kier molecular flexibility index (Phi) is 5.81. The summed E-state index contributed by atoms with van der Waals surface area (Å²) in [6, 6.07) is 25.6. The van der Waals surface area contributed by atoms with E-state index < -0.39 is 0 Å². The minimum atomic E-state index is -0.102. The molecule has 144 valence electrons. The fourth-order valence-electron chi connectivity index (χ4n) is 2.93. The van der Waals surface area contributed by atoms with Crippen molar-refractivity contribution in [3.05, 3.63) is 89.2 Å². The monoisotopic (exact) mass is 447 g/mol. The second-order valence-corrected chi connectivity index (χ2v) is 7.43. The van der Waals surface area contributed by atoms with Gasteiger partial charge in [-0.3, -0.25) is 4.79 Å². The molecule has 6 heteroatoms. The van der Waals surface area contributed by atoms with Crippen molar-refractivity contribution in [3.8, 4) is 22.5 Å². The number of hydrogen-bond acceptors (Lipinski definition) is 4. The average molecular weight is 448 g/mol. The first kappa shape index (κ1) is 19.1. The summed E-state index contributed by atoms with van der Waals surface area (Å²) in [5.41, 5.74) is 3.90. The van der Waals surface area contributed by atoms with E-state index in [-0.39, 0.29) is 12.3 Å². The Morgan fingerprint density at radius 1 is 0.897 bits per heavy atom. The van der Waals surface area contributed by atoms with Gasteiger partial charge in [0.25, 0.3) is 0 Å². The molecular weight excluding hydrogens is 430 g/mol. The van der Waals surface area contributed by atoms with Crippen molar-refractivity contribution in [1.29, 1.82) is 0 Å². The summed E-state index contributed by atoms with van der Waals surface area (Å²) in [5, 5.41) is 6.89. The SMILES string of the molecule is O=C(CCc1nc(-c2ccc(-c3ccccc3)cc2)no1)Nc1cccc(Br)c1. The van der Waals surface area contributed by atoms with Gasteiger partial charge < -0.3 is 9.84 Å². The largest absolute Gasteiger partial charge is 0.339 e. The van der Waals surface area contributed by atoms with Gasteiger partial charge in [0, 0.05) is 28.6 Å². The lowest BCUT2D eigenvalue weighted by Crippen LogP contribution is -2.12. The highest BCUT2D eigenvalue weighted by Crippen LogP contribution is 2.23. The van der Waals surface area contributed by atoms with Gasteiger partial charge in [0.05, 0.1) is 0 Å². The Morgan fingerprint density at radius 3 is 2.38 bits per heavy atom. The summed E-state index contributed by atoms with van der Waals surface area (Å²) >= 11 is 3.39. The molecule has 0 aliphatic heterocycles. The number of rotatable bonds is 6. The molecule has 1 amide bonds. The second-order valence-electron chi connectivity index (χ2n) is 6.51. The minimum absolute atomic E-state index is 0.102. The van der Waals surface area contributed by atoms with Crippen molar-refractivity contribution in [3.63, 3.8) is 0 Å². The molecule has 0 unspecified atom stereocenters. The number of nitrogens with one attached hydrogen (secondary N) is 1. The molecule has 0 spiro atoms. The highest BCUT2D eigenvalue weighted by atomic mass is 79.9. The van der Waals surface area contributed by atoms with E-state index in [9.17, 15) is 4.79 Å². The highest BCUT2D eigenvalue weighted by Gasteiger charge is 2.11. The Bertz CT molecular complexity index is 1110. The summed E-state index contributed by atoms with van der Waals surface area (Å²) in [5.74, 6) is 0.860. The van der Waals surface area contributed by atoms with Gasteiger partial charge in [0.2, 0.25) is 17.6 Å². The number of carbonyl (C=O) groups is 1. The zero-order valence-electron chi connectivity index (χ0n) is 15.5. The van der Waals surface area contributed by atoms with E-state index in [2.05, 4.69) is 43.5 Å². The first-order valence-corrected chi connectivity index (χ1v) is 10.0. The topological polar surface area (TPSA) is 68.0 Å². The summed E-state index contributed by atoms with van der Waals surface area (Å²) in [6.45, 7) is 0. The maximum Gasteiger partial charge on any atom is 0.227 e. The van der Waals surface area contributed by atoms with E-state index >= 15 is 0 Å². The van der Waals surface area contributed by atoms with Crippen LogP contribution >= 0.6 is 15.9 Å². The first-order valence-electron chi connectivity index (χ1n) is 9.21. The molecular formula is C23H18BrN3O2. The molecule has 0 aliphatic rings. The summed E-state index contributed by atoms with van der Waals surface area (Å²) in [7, 11) is 0. The van der Waals surface area contributed by atoms with E-state index in [1.54, 1.807) is 0 Å². The molecule has 1 N–H and O–H groups in total. The number of nitrogens with zero attached hydrogens (tertiary/aromatic N) is 2. The number of carbonyl (C=O) groups excluding carboxylic acids is 1. The van der Waals surface area contributed by atoms with Crippen LogP contribution < -0.4 is 5.32 Å². The Morgan fingerprint density at radius 2 is 1.62 bits per heavy atom. The molecule has 3 aromatic carbocycles. The third kappa shape index (κ3) is 4.97. The fourth-order valence-corrected chi connectivity index (χ4v) is 3.33.